The van der Waals surface area contributed by atoms with E-state index in [1.54, 1.807) is 0 Å². The Balaban J connectivity index is 2.09. The molecule has 0 amide bonds. The third-order valence-corrected chi connectivity index (χ3v) is 2.54. The van der Waals surface area contributed by atoms with Crippen molar-refractivity contribution in [1.29, 1.82) is 5.26 Å². The number of hydrogen-bond donors (Lipinski definition) is 0. The molecule has 4 heteroatoms. The van der Waals surface area contributed by atoms with Crippen LogP contribution in [0.4, 0.5) is 0 Å². The fourth-order valence-electron chi connectivity index (χ4n) is 1.72. The first-order chi connectivity index (χ1) is 8.86. The van der Waals surface area contributed by atoms with Crippen LogP contribution in [0.1, 0.15) is 19.1 Å². The van der Waals surface area contributed by atoms with Crippen LogP contribution in [-0.4, -0.2) is 19.8 Å². The summed E-state index contributed by atoms with van der Waals surface area (Å²) in [4.78, 5) is 0. The second-order valence-corrected chi connectivity index (χ2v) is 3.77. The van der Waals surface area contributed by atoms with Crippen molar-refractivity contribution in [1.82, 2.24) is 0 Å². The van der Waals surface area contributed by atoms with Crippen LogP contribution in [0, 0.1) is 11.3 Å². The molecule has 0 spiro atoms. The Morgan fingerprint density at radius 1 is 1.28 bits per heavy atom. The Hall–Kier alpha value is -1.99. The van der Waals surface area contributed by atoms with Gasteiger partial charge >= 0.3 is 0 Å². The number of benzene rings is 1. The van der Waals surface area contributed by atoms with Gasteiger partial charge in [0.15, 0.2) is 5.75 Å². The van der Waals surface area contributed by atoms with E-state index in [1.165, 1.54) is 0 Å². The van der Waals surface area contributed by atoms with E-state index in [2.05, 4.69) is 0 Å². The summed E-state index contributed by atoms with van der Waals surface area (Å²) in [6.07, 6.45) is 0.790. The fraction of sp³-hybridized carbons (Fsp3) is 0.357. The number of rotatable bonds is 6. The van der Waals surface area contributed by atoms with E-state index >= 15 is 0 Å². The summed E-state index contributed by atoms with van der Waals surface area (Å²) >= 11 is 0. The van der Waals surface area contributed by atoms with Gasteiger partial charge < -0.3 is 13.9 Å². The van der Waals surface area contributed by atoms with E-state index in [-0.39, 0.29) is 5.76 Å². The zero-order valence-electron chi connectivity index (χ0n) is 10.3. The van der Waals surface area contributed by atoms with Gasteiger partial charge in [0.25, 0.3) is 0 Å². The predicted octanol–water partition coefficient (Wildman–Crippen LogP) is 3.11. The predicted molar refractivity (Wildman–Crippen MR) is 67.5 cm³/mol. The van der Waals surface area contributed by atoms with Crippen molar-refractivity contribution in [2.75, 3.05) is 19.8 Å². The van der Waals surface area contributed by atoms with Crippen LogP contribution in [0.15, 0.2) is 28.7 Å². The Bertz CT molecular complexity index is 554. The zero-order chi connectivity index (χ0) is 12.8. The summed E-state index contributed by atoms with van der Waals surface area (Å²) in [5.41, 5.74) is 0.675. The van der Waals surface area contributed by atoms with Crippen LogP contribution in [0.5, 0.6) is 5.75 Å². The van der Waals surface area contributed by atoms with Crippen molar-refractivity contribution in [3.05, 3.63) is 30.0 Å². The third kappa shape index (κ3) is 2.63. The van der Waals surface area contributed by atoms with Crippen molar-refractivity contribution in [2.45, 2.75) is 13.3 Å². The molecule has 94 valence electrons. The number of furan rings is 1. The summed E-state index contributed by atoms with van der Waals surface area (Å²) in [5, 5.41) is 9.85. The molecule has 1 aromatic heterocycles. The van der Waals surface area contributed by atoms with Crippen LogP contribution in [-0.2, 0) is 4.74 Å². The lowest BCUT2D eigenvalue weighted by atomic mass is 10.2. The van der Waals surface area contributed by atoms with Crippen LogP contribution in [0.3, 0.4) is 0 Å². The van der Waals surface area contributed by atoms with Gasteiger partial charge in [-0.05, 0) is 19.1 Å². The molecule has 0 aliphatic heterocycles. The van der Waals surface area contributed by atoms with E-state index in [0.717, 1.165) is 11.8 Å². The quantitative estimate of drug-likeness (QED) is 0.734. The second kappa shape index (κ2) is 6.08. The molecule has 0 saturated heterocycles. The summed E-state index contributed by atoms with van der Waals surface area (Å²) in [7, 11) is 0. The molecule has 0 radical (unpaired) electrons. The molecule has 0 aliphatic rings. The lowest BCUT2D eigenvalue weighted by Crippen LogP contribution is -2.03. The van der Waals surface area contributed by atoms with E-state index in [9.17, 15) is 0 Å². The van der Waals surface area contributed by atoms with Crippen LogP contribution in [0.2, 0.25) is 0 Å². The number of ether oxygens (including phenoxy) is 2. The molecule has 2 aromatic rings. The molecule has 1 aromatic carbocycles. The van der Waals surface area contributed by atoms with Crippen molar-refractivity contribution in [3.63, 3.8) is 0 Å². The lowest BCUT2D eigenvalue weighted by molar-refractivity contribution is 0.131. The minimum Gasteiger partial charge on any atom is -0.488 e. The van der Waals surface area contributed by atoms with Gasteiger partial charge in [0.2, 0.25) is 5.76 Å². The first kappa shape index (κ1) is 12.5. The standard InChI is InChI=1S/C14H15NO3/c1-2-16-8-5-9-17-14-11-6-3-4-7-12(11)18-13(14)10-15/h3-4,6-7H,2,5,8-9H2,1H3. The Morgan fingerprint density at radius 3 is 2.89 bits per heavy atom. The maximum absolute atomic E-state index is 9.01. The molecule has 0 saturated carbocycles. The van der Waals surface area contributed by atoms with E-state index in [4.69, 9.17) is 19.2 Å². The second-order valence-electron chi connectivity index (χ2n) is 3.77. The van der Waals surface area contributed by atoms with Gasteiger partial charge in [-0.1, -0.05) is 12.1 Å². The normalized spacial score (nSPS) is 10.4. The maximum atomic E-state index is 9.01. The molecule has 2 rings (SSSR count). The highest BCUT2D eigenvalue weighted by molar-refractivity contribution is 5.86. The molecule has 4 nitrogen and oxygen atoms in total. The average molecular weight is 245 g/mol. The molecule has 0 bridgehead atoms. The smallest absolute Gasteiger partial charge is 0.246 e. The van der Waals surface area contributed by atoms with Crippen LogP contribution >= 0.6 is 0 Å². The summed E-state index contributed by atoms with van der Waals surface area (Å²) < 4.78 is 16.3. The summed E-state index contributed by atoms with van der Waals surface area (Å²) in [5.74, 6) is 0.761. The fourth-order valence-corrected chi connectivity index (χ4v) is 1.72. The van der Waals surface area contributed by atoms with Crippen molar-refractivity contribution < 1.29 is 13.9 Å². The Labute approximate surface area is 106 Å². The molecule has 0 N–H and O–H groups in total. The van der Waals surface area contributed by atoms with Gasteiger partial charge in [-0.3, -0.25) is 0 Å². The molecule has 0 fully saturated rings. The summed E-state index contributed by atoms with van der Waals surface area (Å²) in [6, 6.07) is 9.49. The van der Waals surface area contributed by atoms with Crippen molar-refractivity contribution in [3.8, 4) is 11.8 Å². The molecule has 0 unspecified atom stereocenters. The molecular formula is C14H15NO3. The van der Waals surface area contributed by atoms with Gasteiger partial charge in [0, 0.05) is 19.6 Å². The minimum atomic E-state index is 0.229. The lowest BCUT2D eigenvalue weighted by Gasteiger charge is -2.04. The highest BCUT2D eigenvalue weighted by Crippen LogP contribution is 2.32. The van der Waals surface area contributed by atoms with Gasteiger partial charge in [0.1, 0.15) is 11.7 Å². The van der Waals surface area contributed by atoms with Gasteiger partial charge in [0.05, 0.1) is 12.0 Å². The minimum absolute atomic E-state index is 0.229. The monoisotopic (exact) mass is 245 g/mol. The molecule has 1 heterocycles. The Morgan fingerprint density at radius 2 is 2.11 bits per heavy atom. The highest BCUT2D eigenvalue weighted by Gasteiger charge is 2.14. The molecule has 0 atom stereocenters. The molecular weight excluding hydrogens is 230 g/mol. The average Bonchev–Trinajstić information content (AvgIpc) is 2.77. The van der Waals surface area contributed by atoms with Crippen molar-refractivity contribution in [2.24, 2.45) is 0 Å². The maximum Gasteiger partial charge on any atom is 0.246 e. The van der Waals surface area contributed by atoms with E-state index < -0.39 is 0 Å². The first-order valence-electron chi connectivity index (χ1n) is 5.99. The number of para-hydroxylation sites is 1. The van der Waals surface area contributed by atoms with Crippen molar-refractivity contribution >= 4 is 11.0 Å². The number of hydrogen-bond acceptors (Lipinski definition) is 4. The number of nitrogens with zero attached hydrogens (tertiary/aromatic N) is 1. The number of nitriles is 1. The van der Waals surface area contributed by atoms with Gasteiger partial charge in [-0.15, -0.1) is 0 Å². The van der Waals surface area contributed by atoms with Gasteiger partial charge in [-0.25, -0.2) is 0 Å². The SMILES string of the molecule is CCOCCCOc1c(C#N)oc2ccccc12. The van der Waals surface area contributed by atoms with E-state index in [0.29, 0.717) is 31.2 Å². The molecule has 0 aliphatic carbocycles. The third-order valence-electron chi connectivity index (χ3n) is 2.54. The molecule has 18 heavy (non-hydrogen) atoms. The Kier molecular flexibility index (Phi) is 4.21. The summed E-state index contributed by atoms with van der Waals surface area (Å²) in [6.45, 7) is 3.84. The van der Waals surface area contributed by atoms with Crippen LogP contribution < -0.4 is 4.74 Å². The highest BCUT2D eigenvalue weighted by atomic mass is 16.5. The van der Waals surface area contributed by atoms with E-state index in [1.807, 2.05) is 37.3 Å². The first-order valence-corrected chi connectivity index (χ1v) is 5.99. The topological polar surface area (TPSA) is 55.4 Å². The van der Waals surface area contributed by atoms with Gasteiger partial charge in [-0.2, -0.15) is 5.26 Å². The number of fused-ring (bicyclic) bond motifs is 1. The van der Waals surface area contributed by atoms with Crippen LogP contribution in [0.25, 0.3) is 11.0 Å². The largest absolute Gasteiger partial charge is 0.488 e. The zero-order valence-corrected chi connectivity index (χ0v) is 10.3.